The maximum absolute atomic E-state index is 5.42. The van der Waals surface area contributed by atoms with Gasteiger partial charge in [0.1, 0.15) is 0 Å². The molecule has 4 heteroatoms. The molecule has 0 saturated carbocycles. The molecule has 1 fully saturated rings. The van der Waals surface area contributed by atoms with Crippen molar-refractivity contribution in [2.45, 2.75) is 25.8 Å². The van der Waals surface area contributed by atoms with E-state index in [9.17, 15) is 0 Å². The van der Waals surface area contributed by atoms with Crippen LogP contribution in [-0.2, 0) is 0 Å². The first-order valence-corrected chi connectivity index (χ1v) is 6.62. The van der Waals surface area contributed by atoms with Crippen molar-refractivity contribution in [3.05, 3.63) is 21.7 Å². The molecule has 0 radical (unpaired) electrons. The van der Waals surface area contributed by atoms with Gasteiger partial charge < -0.3 is 14.8 Å². The quantitative estimate of drug-likeness (QED) is 0.930. The SMILES string of the molecule is COc1cc(C)c(C2CCCN2)c(Br)c1OC. The van der Waals surface area contributed by atoms with Gasteiger partial charge in [-0.25, -0.2) is 0 Å². The molecule has 0 spiro atoms. The van der Waals surface area contributed by atoms with Crippen LogP contribution in [0.3, 0.4) is 0 Å². The average molecular weight is 300 g/mol. The molecule has 1 aromatic rings. The predicted octanol–water partition coefficient (Wildman–Crippen LogP) is 3.20. The summed E-state index contributed by atoms with van der Waals surface area (Å²) in [7, 11) is 3.33. The highest BCUT2D eigenvalue weighted by molar-refractivity contribution is 9.10. The number of methoxy groups -OCH3 is 2. The lowest BCUT2D eigenvalue weighted by Crippen LogP contribution is -2.15. The normalized spacial score (nSPS) is 19.4. The van der Waals surface area contributed by atoms with E-state index in [4.69, 9.17) is 9.47 Å². The Hall–Kier alpha value is -0.740. The lowest BCUT2D eigenvalue weighted by molar-refractivity contribution is 0.351. The van der Waals surface area contributed by atoms with Gasteiger partial charge in [0.05, 0.1) is 18.7 Å². The van der Waals surface area contributed by atoms with Gasteiger partial charge in [0.25, 0.3) is 0 Å². The van der Waals surface area contributed by atoms with Crippen molar-refractivity contribution >= 4 is 15.9 Å². The minimum atomic E-state index is 0.421. The Bertz CT molecular complexity index is 414. The van der Waals surface area contributed by atoms with Crippen LogP contribution < -0.4 is 14.8 Å². The standard InChI is InChI=1S/C13H18BrNO2/c1-8-7-10(16-2)13(17-3)12(14)11(8)9-5-4-6-15-9/h7,9,15H,4-6H2,1-3H3. The molecule has 2 rings (SSSR count). The number of aryl methyl sites for hydroxylation is 1. The third kappa shape index (κ3) is 2.29. The van der Waals surface area contributed by atoms with E-state index in [0.29, 0.717) is 6.04 Å². The topological polar surface area (TPSA) is 30.5 Å². The van der Waals surface area contributed by atoms with Gasteiger partial charge in [-0.3, -0.25) is 0 Å². The molecule has 0 aromatic heterocycles. The van der Waals surface area contributed by atoms with Crippen molar-refractivity contribution in [3.63, 3.8) is 0 Å². The lowest BCUT2D eigenvalue weighted by Gasteiger charge is -2.20. The number of ether oxygens (including phenoxy) is 2. The molecule has 1 aliphatic heterocycles. The van der Waals surface area contributed by atoms with Crippen molar-refractivity contribution in [1.82, 2.24) is 5.32 Å². The first-order valence-electron chi connectivity index (χ1n) is 5.83. The predicted molar refractivity (Wildman–Crippen MR) is 72.0 cm³/mol. The van der Waals surface area contributed by atoms with Crippen molar-refractivity contribution in [2.24, 2.45) is 0 Å². The van der Waals surface area contributed by atoms with Crippen molar-refractivity contribution in [3.8, 4) is 11.5 Å². The number of benzene rings is 1. The molecule has 94 valence electrons. The van der Waals surface area contributed by atoms with E-state index in [0.717, 1.165) is 22.5 Å². The molecule has 1 N–H and O–H groups in total. The molecule has 0 amide bonds. The molecule has 1 saturated heterocycles. The van der Waals surface area contributed by atoms with E-state index < -0.39 is 0 Å². The fourth-order valence-electron chi connectivity index (χ4n) is 2.44. The lowest BCUT2D eigenvalue weighted by atomic mass is 9.99. The van der Waals surface area contributed by atoms with Crippen LogP contribution in [0.1, 0.15) is 30.0 Å². The van der Waals surface area contributed by atoms with E-state index in [-0.39, 0.29) is 0 Å². The Kier molecular flexibility index (Phi) is 3.94. The van der Waals surface area contributed by atoms with Crippen LogP contribution >= 0.6 is 15.9 Å². The van der Waals surface area contributed by atoms with Gasteiger partial charge in [0.2, 0.25) is 0 Å². The highest BCUT2D eigenvalue weighted by atomic mass is 79.9. The van der Waals surface area contributed by atoms with Crippen LogP contribution in [0.25, 0.3) is 0 Å². The summed E-state index contributed by atoms with van der Waals surface area (Å²) in [5.74, 6) is 1.56. The molecule has 1 aromatic carbocycles. The summed E-state index contributed by atoms with van der Waals surface area (Å²) in [5.41, 5.74) is 2.52. The maximum Gasteiger partial charge on any atom is 0.175 e. The molecule has 0 aliphatic carbocycles. The third-order valence-electron chi connectivity index (χ3n) is 3.26. The molecule has 1 atom stereocenters. The van der Waals surface area contributed by atoms with Crippen LogP contribution in [0.4, 0.5) is 0 Å². The summed E-state index contributed by atoms with van der Waals surface area (Å²) in [4.78, 5) is 0. The van der Waals surface area contributed by atoms with Gasteiger partial charge in [0, 0.05) is 6.04 Å². The molecular formula is C13H18BrNO2. The van der Waals surface area contributed by atoms with Crippen molar-refractivity contribution in [1.29, 1.82) is 0 Å². The molecule has 17 heavy (non-hydrogen) atoms. The highest BCUT2D eigenvalue weighted by Crippen LogP contribution is 2.43. The minimum absolute atomic E-state index is 0.421. The third-order valence-corrected chi connectivity index (χ3v) is 4.05. The van der Waals surface area contributed by atoms with E-state index in [1.165, 1.54) is 24.0 Å². The first kappa shape index (κ1) is 12.7. The van der Waals surface area contributed by atoms with Gasteiger partial charge in [-0.05, 0) is 59.4 Å². The Morgan fingerprint density at radius 2 is 2.12 bits per heavy atom. The minimum Gasteiger partial charge on any atom is -0.493 e. The van der Waals surface area contributed by atoms with Gasteiger partial charge in [-0.15, -0.1) is 0 Å². The molecular weight excluding hydrogens is 282 g/mol. The summed E-state index contributed by atoms with van der Waals surface area (Å²) in [5, 5.41) is 3.52. The van der Waals surface area contributed by atoms with Crippen LogP contribution in [0.2, 0.25) is 0 Å². The maximum atomic E-state index is 5.42. The average Bonchev–Trinajstić information content (AvgIpc) is 2.82. The second kappa shape index (κ2) is 5.27. The van der Waals surface area contributed by atoms with E-state index in [2.05, 4.69) is 28.2 Å². The van der Waals surface area contributed by atoms with Gasteiger partial charge in [-0.1, -0.05) is 0 Å². The molecule has 1 aliphatic rings. The van der Waals surface area contributed by atoms with Gasteiger partial charge >= 0.3 is 0 Å². The zero-order valence-electron chi connectivity index (χ0n) is 10.5. The van der Waals surface area contributed by atoms with Crippen molar-refractivity contribution < 1.29 is 9.47 Å². The first-order chi connectivity index (χ1) is 8.19. The fraction of sp³-hybridized carbons (Fsp3) is 0.538. The molecule has 1 heterocycles. The molecule has 0 bridgehead atoms. The van der Waals surface area contributed by atoms with E-state index in [1.807, 2.05) is 6.07 Å². The summed E-state index contributed by atoms with van der Waals surface area (Å²) in [6, 6.07) is 2.46. The van der Waals surface area contributed by atoms with Gasteiger partial charge in [0.15, 0.2) is 11.5 Å². The summed E-state index contributed by atoms with van der Waals surface area (Å²) >= 11 is 3.65. The molecule has 3 nitrogen and oxygen atoms in total. The highest BCUT2D eigenvalue weighted by Gasteiger charge is 2.24. The Morgan fingerprint density at radius 1 is 1.35 bits per heavy atom. The second-order valence-electron chi connectivity index (χ2n) is 4.31. The van der Waals surface area contributed by atoms with Gasteiger partial charge in [-0.2, -0.15) is 0 Å². The largest absolute Gasteiger partial charge is 0.493 e. The van der Waals surface area contributed by atoms with E-state index in [1.54, 1.807) is 14.2 Å². The Balaban J connectivity index is 2.51. The number of hydrogen-bond donors (Lipinski definition) is 1. The van der Waals surface area contributed by atoms with Crippen LogP contribution in [0, 0.1) is 6.92 Å². The summed E-state index contributed by atoms with van der Waals surface area (Å²) < 4.78 is 11.8. The smallest absolute Gasteiger partial charge is 0.175 e. The zero-order chi connectivity index (χ0) is 12.4. The number of halogens is 1. The monoisotopic (exact) mass is 299 g/mol. The summed E-state index contributed by atoms with van der Waals surface area (Å²) in [6.45, 7) is 3.20. The Morgan fingerprint density at radius 3 is 2.65 bits per heavy atom. The second-order valence-corrected chi connectivity index (χ2v) is 5.10. The summed E-state index contributed by atoms with van der Waals surface area (Å²) in [6.07, 6.45) is 2.40. The van der Waals surface area contributed by atoms with Crippen LogP contribution in [0.15, 0.2) is 10.5 Å². The number of rotatable bonds is 3. The zero-order valence-corrected chi connectivity index (χ0v) is 12.1. The number of nitrogens with one attached hydrogen (secondary N) is 1. The van der Waals surface area contributed by atoms with Crippen LogP contribution in [0.5, 0.6) is 11.5 Å². The fourth-order valence-corrected chi connectivity index (χ4v) is 3.39. The van der Waals surface area contributed by atoms with E-state index >= 15 is 0 Å². The number of hydrogen-bond acceptors (Lipinski definition) is 3. The molecule has 1 unspecified atom stereocenters. The van der Waals surface area contributed by atoms with Crippen molar-refractivity contribution in [2.75, 3.05) is 20.8 Å². The van der Waals surface area contributed by atoms with Crippen LogP contribution in [-0.4, -0.2) is 20.8 Å². The Labute approximate surface area is 111 Å².